The molecule has 0 saturated carbocycles. The Balaban J connectivity index is 1.97. The van der Waals surface area contributed by atoms with Gasteiger partial charge in [0.15, 0.2) is 11.5 Å². The molecule has 182 valence electrons. The molecule has 8 heteroatoms. The van der Waals surface area contributed by atoms with Crippen LogP contribution in [0.15, 0.2) is 53.3 Å². The molecule has 3 aromatic carbocycles. The normalized spacial score (nSPS) is 14.1. The van der Waals surface area contributed by atoms with Crippen molar-refractivity contribution in [1.82, 2.24) is 5.32 Å². The Morgan fingerprint density at radius 3 is 2.31 bits per heavy atom. The van der Waals surface area contributed by atoms with E-state index in [1.807, 2.05) is 12.1 Å². The lowest BCUT2D eigenvalue weighted by Gasteiger charge is -2.19. The van der Waals surface area contributed by atoms with E-state index in [2.05, 4.69) is 10.6 Å². The fourth-order valence-corrected chi connectivity index (χ4v) is 4.63. The Bertz CT molecular complexity index is 1320. The standard InChI is InChI=1S/C27H27ClN2O5/c1-15(31)29-21-11-5-16-13-24(33-2)26(34-3)27(35-4)25(16)19-10-12-22(23(32)14-20(19)21)30-18-8-6-17(28)7-9-18/h6-10,12-14,21H,5,11H2,1-4H3,(H,29,31)(H,30,32). The molecular weight excluding hydrogens is 468 g/mol. The number of fused-ring (bicyclic) bond motifs is 3. The molecule has 0 radical (unpaired) electrons. The van der Waals surface area contributed by atoms with Gasteiger partial charge in [-0.3, -0.25) is 9.59 Å². The summed E-state index contributed by atoms with van der Waals surface area (Å²) in [6, 6.07) is 13.9. The summed E-state index contributed by atoms with van der Waals surface area (Å²) in [6.45, 7) is 1.47. The number of ether oxygens (including phenoxy) is 3. The third kappa shape index (κ3) is 4.91. The first kappa shape index (κ1) is 24.4. The van der Waals surface area contributed by atoms with Crippen molar-refractivity contribution >= 4 is 28.9 Å². The lowest BCUT2D eigenvalue weighted by molar-refractivity contribution is -0.119. The Morgan fingerprint density at radius 1 is 0.971 bits per heavy atom. The van der Waals surface area contributed by atoms with Crippen molar-refractivity contribution < 1.29 is 19.0 Å². The van der Waals surface area contributed by atoms with Gasteiger partial charge in [-0.05, 0) is 72.0 Å². The summed E-state index contributed by atoms with van der Waals surface area (Å²) in [7, 11) is 4.70. The molecule has 35 heavy (non-hydrogen) atoms. The quantitative estimate of drug-likeness (QED) is 0.486. The van der Waals surface area contributed by atoms with Gasteiger partial charge in [0, 0.05) is 23.2 Å². The van der Waals surface area contributed by atoms with Crippen molar-refractivity contribution in [2.45, 2.75) is 25.8 Å². The van der Waals surface area contributed by atoms with Gasteiger partial charge in [-0.1, -0.05) is 17.7 Å². The van der Waals surface area contributed by atoms with Gasteiger partial charge in [-0.2, -0.15) is 0 Å². The van der Waals surface area contributed by atoms with E-state index in [0.717, 1.165) is 22.4 Å². The number of methoxy groups -OCH3 is 3. The minimum Gasteiger partial charge on any atom is -0.493 e. The van der Waals surface area contributed by atoms with Gasteiger partial charge in [-0.15, -0.1) is 0 Å². The van der Waals surface area contributed by atoms with Gasteiger partial charge >= 0.3 is 0 Å². The summed E-state index contributed by atoms with van der Waals surface area (Å²) in [4.78, 5) is 25.4. The van der Waals surface area contributed by atoms with Gasteiger partial charge in [0.05, 0.1) is 33.1 Å². The van der Waals surface area contributed by atoms with Gasteiger partial charge in [0.1, 0.15) is 0 Å². The number of anilines is 2. The molecule has 3 aromatic rings. The Morgan fingerprint density at radius 2 is 1.69 bits per heavy atom. The fourth-order valence-electron chi connectivity index (χ4n) is 4.50. The highest BCUT2D eigenvalue weighted by atomic mass is 35.5. The highest BCUT2D eigenvalue weighted by molar-refractivity contribution is 6.30. The van der Waals surface area contributed by atoms with Crippen LogP contribution in [-0.4, -0.2) is 27.2 Å². The Labute approximate surface area is 209 Å². The summed E-state index contributed by atoms with van der Waals surface area (Å²) < 4.78 is 17.0. The maximum Gasteiger partial charge on any atom is 0.217 e. The third-order valence-corrected chi connectivity index (χ3v) is 6.29. The molecule has 1 atom stereocenters. The molecular formula is C27H27ClN2O5. The number of aryl methyl sites for hydroxylation is 1. The van der Waals surface area contributed by atoms with Gasteiger partial charge < -0.3 is 24.8 Å². The highest BCUT2D eigenvalue weighted by Crippen LogP contribution is 2.50. The van der Waals surface area contributed by atoms with E-state index < -0.39 is 0 Å². The molecule has 7 nitrogen and oxygen atoms in total. The molecule has 0 fully saturated rings. The largest absolute Gasteiger partial charge is 0.493 e. The fraction of sp³-hybridized carbons (Fsp3) is 0.259. The average molecular weight is 495 g/mol. The van der Waals surface area contributed by atoms with Crippen LogP contribution in [0.4, 0.5) is 11.4 Å². The summed E-state index contributed by atoms with van der Waals surface area (Å²) in [5.41, 5.74) is 4.17. The van der Waals surface area contributed by atoms with Crippen LogP contribution in [0, 0.1) is 0 Å². The van der Waals surface area contributed by atoms with E-state index in [4.69, 9.17) is 25.8 Å². The summed E-state index contributed by atoms with van der Waals surface area (Å²) in [5, 5.41) is 6.79. The number of carbonyl (C=O) groups excluding carboxylic acids is 1. The SMILES string of the molecule is COc1cc2c(c(OC)c1OC)-c1ccc(Nc3ccc(Cl)cc3)c(=O)cc1C(NC(C)=O)CC2. The lowest BCUT2D eigenvalue weighted by Crippen LogP contribution is -2.26. The number of amides is 1. The molecule has 0 saturated heterocycles. The van der Waals surface area contributed by atoms with Crippen LogP contribution in [0.1, 0.15) is 30.5 Å². The van der Waals surface area contributed by atoms with Crippen LogP contribution in [-0.2, 0) is 11.2 Å². The number of carbonyl (C=O) groups is 1. The second-order valence-electron chi connectivity index (χ2n) is 8.23. The lowest BCUT2D eigenvalue weighted by atomic mass is 9.95. The maximum atomic E-state index is 13.3. The van der Waals surface area contributed by atoms with E-state index in [9.17, 15) is 9.59 Å². The third-order valence-electron chi connectivity index (χ3n) is 6.04. The molecule has 2 N–H and O–H groups in total. The maximum absolute atomic E-state index is 13.3. The minimum atomic E-state index is -0.361. The van der Waals surface area contributed by atoms with Crippen molar-refractivity contribution in [3.63, 3.8) is 0 Å². The zero-order chi connectivity index (χ0) is 25.1. The molecule has 0 heterocycles. The molecule has 0 bridgehead atoms. The monoisotopic (exact) mass is 494 g/mol. The van der Waals surface area contributed by atoms with Crippen LogP contribution in [0.5, 0.6) is 17.2 Å². The topological polar surface area (TPSA) is 85.9 Å². The zero-order valence-electron chi connectivity index (χ0n) is 20.0. The first-order valence-corrected chi connectivity index (χ1v) is 11.5. The van der Waals surface area contributed by atoms with Crippen LogP contribution < -0.4 is 30.3 Å². The van der Waals surface area contributed by atoms with E-state index in [1.165, 1.54) is 6.92 Å². The minimum absolute atomic E-state index is 0.174. The number of nitrogens with one attached hydrogen (secondary N) is 2. The number of benzene rings is 2. The molecule has 1 amide bonds. The summed E-state index contributed by atoms with van der Waals surface area (Å²) in [5.74, 6) is 1.36. The molecule has 0 spiro atoms. The van der Waals surface area contributed by atoms with Crippen molar-refractivity contribution in [2.75, 3.05) is 26.6 Å². The van der Waals surface area contributed by atoms with Crippen molar-refractivity contribution in [2.24, 2.45) is 0 Å². The van der Waals surface area contributed by atoms with E-state index in [1.54, 1.807) is 57.7 Å². The predicted molar refractivity (Wildman–Crippen MR) is 137 cm³/mol. The van der Waals surface area contributed by atoms with E-state index in [-0.39, 0.29) is 17.4 Å². The van der Waals surface area contributed by atoms with Crippen molar-refractivity contribution in [1.29, 1.82) is 0 Å². The zero-order valence-corrected chi connectivity index (χ0v) is 20.8. The van der Waals surface area contributed by atoms with Crippen LogP contribution in [0.2, 0.25) is 5.02 Å². The van der Waals surface area contributed by atoms with E-state index >= 15 is 0 Å². The summed E-state index contributed by atoms with van der Waals surface area (Å²) >= 11 is 5.99. The Kier molecular flexibility index (Phi) is 7.17. The highest BCUT2D eigenvalue weighted by Gasteiger charge is 2.29. The summed E-state index contributed by atoms with van der Waals surface area (Å²) in [6.07, 6.45) is 1.24. The number of rotatable bonds is 6. The van der Waals surface area contributed by atoms with E-state index in [0.29, 0.717) is 46.4 Å². The first-order chi connectivity index (χ1) is 16.9. The number of hydrogen-bond acceptors (Lipinski definition) is 6. The molecule has 0 aliphatic heterocycles. The Hall–Kier alpha value is -3.71. The molecule has 0 aromatic heterocycles. The molecule has 4 rings (SSSR count). The first-order valence-electron chi connectivity index (χ1n) is 11.2. The average Bonchev–Trinajstić information content (AvgIpc) is 3.08. The molecule has 1 aliphatic rings. The molecule has 1 aliphatic carbocycles. The number of hydrogen-bond donors (Lipinski definition) is 2. The number of halogens is 1. The molecule has 1 unspecified atom stereocenters. The van der Waals surface area contributed by atoms with Gasteiger partial charge in [0.2, 0.25) is 17.1 Å². The van der Waals surface area contributed by atoms with Crippen LogP contribution >= 0.6 is 11.6 Å². The van der Waals surface area contributed by atoms with Crippen LogP contribution in [0.25, 0.3) is 11.1 Å². The van der Waals surface area contributed by atoms with Gasteiger partial charge in [-0.25, -0.2) is 0 Å². The smallest absolute Gasteiger partial charge is 0.217 e. The van der Waals surface area contributed by atoms with Crippen LogP contribution in [0.3, 0.4) is 0 Å². The van der Waals surface area contributed by atoms with Gasteiger partial charge in [0.25, 0.3) is 0 Å². The van der Waals surface area contributed by atoms with Crippen molar-refractivity contribution in [3.05, 3.63) is 74.9 Å². The second-order valence-corrected chi connectivity index (χ2v) is 8.66. The predicted octanol–water partition coefficient (Wildman–Crippen LogP) is 5.26. The van der Waals surface area contributed by atoms with Crippen molar-refractivity contribution in [3.8, 4) is 28.4 Å². The second kappa shape index (κ2) is 10.3.